The molecule has 0 aromatic carbocycles. The van der Waals surface area contributed by atoms with Crippen molar-refractivity contribution in [1.82, 2.24) is 4.57 Å². The lowest BCUT2D eigenvalue weighted by Gasteiger charge is -2.20. The number of halogens is 2. The highest BCUT2D eigenvalue weighted by Gasteiger charge is 2.24. The molecule has 0 aliphatic heterocycles. The molecule has 0 aliphatic carbocycles. The number of carbonyl (C=O) groups is 1. The van der Waals surface area contributed by atoms with Crippen LogP contribution in [-0.2, 0) is 9.53 Å². The molecule has 0 fully saturated rings. The summed E-state index contributed by atoms with van der Waals surface area (Å²) in [5, 5.41) is 0. The second-order valence-electron chi connectivity index (χ2n) is 4.61. The van der Waals surface area contributed by atoms with Gasteiger partial charge in [0.25, 0.3) is 5.56 Å². The van der Waals surface area contributed by atoms with Gasteiger partial charge in [0.1, 0.15) is 6.04 Å². The molecular formula is C13H17BrFNO3. The zero-order valence-electron chi connectivity index (χ0n) is 11.2. The zero-order valence-corrected chi connectivity index (χ0v) is 12.7. The van der Waals surface area contributed by atoms with Gasteiger partial charge in [-0.2, -0.15) is 0 Å². The van der Waals surface area contributed by atoms with Crippen LogP contribution in [-0.4, -0.2) is 17.1 Å². The molecule has 0 radical (unpaired) electrons. The Morgan fingerprint density at radius 3 is 2.68 bits per heavy atom. The van der Waals surface area contributed by atoms with Crippen molar-refractivity contribution < 1.29 is 13.9 Å². The number of aromatic nitrogens is 1. The first-order valence-electron chi connectivity index (χ1n) is 6.10. The predicted molar refractivity (Wildman–Crippen MR) is 73.5 cm³/mol. The Morgan fingerprint density at radius 1 is 1.53 bits per heavy atom. The highest BCUT2D eigenvalue weighted by molar-refractivity contribution is 9.10. The Kier molecular flexibility index (Phi) is 5.72. The maximum absolute atomic E-state index is 13.5. The van der Waals surface area contributed by atoms with E-state index in [0.29, 0.717) is 6.42 Å². The van der Waals surface area contributed by atoms with Crippen molar-refractivity contribution in [3.63, 3.8) is 0 Å². The Labute approximate surface area is 119 Å². The van der Waals surface area contributed by atoms with Crippen LogP contribution in [0.5, 0.6) is 0 Å². The minimum atomic E-state index is -0.796. The van der Waals surface area contributed by atoms with Crippen molar-refractivity contribution in [3.8, 4) is 0 Å². The second kappa shape index (κ2) is 6.84. The third-order valence-electron chi connectivity index (χ3n) is 2.57. The van der Waals surface area contributed by atoms with E-state index >= 15 is 0 Å². The molecule has 106 valence electrons. The molecule has 19 heavy (non-hydrogen) atoms. The molecule has 0 bridgehead atoms. The quantitative estimate of drug-likeness (QED) is 0.778. The van der Waals surface area contributed by atoms with Crippen molar-refractivity contribution in [1.29, 1.82) is 0 Å². The molecule has 0 amide bonds. The molecule has 0 saturated heterocycles. The lowest BCUT2D eigenvalue weighted by atomic mass is 10.0. The van der Waals surface area contributed by atoms with E-state index in [4.69, 9.17) is 4.74 Å². The molecule has 1 atom stereocenters. The lowest BCUT2D eigenvalue weighted by molar-refractivity contribution is -0.147. The highest BCUT2D eigenvalue weighted by Crippen LogP contribution is 2.20. The number of hydrogen-bond donors (Lipinski definition) is 0. The summed E-state index contributed by atoms with van der Waals surface area (Å²) < 4.78 is 19.7. The Morgan fingerprint density at radius 2 is 2.16 bits per heavy atom. The molecule has 1 aromatic heterocycles. The number of carbonyl (C=O) groups excluding carboxylic acids is 1. The fourth-order valence-corrected chi connectivity index (χ4v) is 2.05. The largest absolute Gasteiger partial charge is 0.464 e. The van der Waals surface area contributed by atoms with Crippen LogP contribution >= 0.6 is 15.9 Å². The van der Waals surface area contributed by atoms with Crippen LogP contribution in [0, 0.1) is 11.7 Å². The monoisotopic (exact) mass is 333 g/mol. The molecule has 0 spiro atoms. The van der Waals surface area contributed by atoms with Crippen molar-refractivity contribution in [2.75, 3.05) is 6.61 Å². The predicted octanol–water partition coefficient (Wildman–Crippen LogP) is 2.90. The Hall–Kier alpha value is -1.17. The minimum Gasteiger partial charge on any atom is -0.464 e. The van der Waals surface area contributed by atoms with E-state index in [1.807, 2.05) is 13.8 Å². The first-order valence-corrected chi connectivity index (χ1v) is 6.90. The van der Waals surface area contributed by atoms with E-state index < -0.39 is 23.4 Å². The van der Waals surface area contributed by atoms with Crippen LogP contribution in [0.15, 0.2) is 21.5 Å². The first-order chi connectivity index (χ1) is 8.86. The second-order valence-corrected chi connectivity index (χ2v) is 5.47. The van der Waals surface area contributed by atoms with Crippen LogP contribution in [0.3, 0.4) is 0 Å². The molecule has 0 N–H and O–H groups in total. The molecule has 0 saturated carbocycles. The molecule has 1 unspecified atom stereocenters. The average molecular weight is 334 g/mol. The highest BCUT2D eigenvalue weighted by atomic mass is 79.9. The lowest BCUT2D eigenvalue weighted by Crippen LogP contribution is -2.32. The van der Waals surface area contributed by atoms with Gasteiger partial charge in [0.2, 0.25) is 0 Å². The fourth-order valence-electron chi connectivity index (χ4n) is 1.75. The van der Waals surface area contributed by atoms with Crippen LogP contribution in [0.25, 0.3) is 0 Å². The van der Waals surface area contributed by atoms with E-state index in [1.165, 1.54) is 0 Å². The van der Waals surface area contributed by atoms with Crippen molar-refractivity contribution in [2.45, 2.75) is 33.2 Å². The molecular weight excluding hydrogens is 317 g/mol. The number of esters is 1. The van der Waals surface area contributed by atoms with Gasteiger partial charge in [-0.15, -0.1) is 0 Å². The van der Waals surface area contributed by atoms with Crippen molar-refractivity contribution in [2.24, 2.45) is 5.92 Å². The number of rotatable bonds is 5. The van der Waals surface area contributed by atoms with E-state index in [1.54, 1.807) is 6.92 Å². The Bertz CT molecular complexity index is 513. The van der Waals surface area contributed by atoms with Crippen molar-refractivity contribution >= 4 is 21.9 Å². The fraction of sp³-hybridized carbons (Fsp3) is 0.538. The Balaban J connectivity index is 3.20. The first kappa shape index (κ1) is 15.9. The number of nitrogens with zero attached hydrogens (tertiary/aromatic N) is 1. The van der Waals surface area contributed by atoms with E-state index in [9.17, 15) is 14.0 Å². The molecule has 1 heterocycles. The minimum absolute atomic E-state index is 0.0842. The molecule has 4 nitrogen and oxygen atoms in total. The van der Waals surface area contributed by atoms with Gasteiger partial charge in [-0.1, -0.05) is 13.8 Å². The molecule has 0 aliphatic rings. The van der Waals surface area contributed by atoms with Crippen LogP contribution in [0.4, 0.5) is 4.39 Å². The molecule has 1 aromatic rings. The summed E-state index contributed by atoms with van der Waals surface area (Å²) in [4.78, 5) is 23.8. The summed E-state index contributed by atoms with van der Waals surface area (Å²) in [5.74, 6) is -0.925. The summed E-state index contributed by atoms with van der Waals surface area (Å²) in [5.41, 5.74) is -0.438. The van der Waals surface area contributed by atoms with Gasteiger partial charge in [0.15, 0.2) is 5.82 Å². The molecule has 6 heteroatoms. The summed E-state index contributed by atoms with van der Waals surface area (Å²) in [6.45, 7) is 5.76. The van der Waals surface area contributed by atoms with Gasteiger partial charge < -0.3 is 4.74 Å². The topological polar surface area (TPSA) is 48.3 Å². The average Bonchev–Trinajstić information content (AvgIpc) is 2.31. The van der Waals surface area contributed by atoms with Crippen LogP contribution < -0.4 is 5.56 Å². The van der Waals surface area contributed by atoms with Crippen molar-refractivity contribution in [3.05, 3.63) is 32.9 Å². The van der Waals surface area contributed by atoms with E-state index in [2.05, 4.69) is 15.9 Å². The summed E-state index contributed by atoms with van der Waals surface area (Å²) in [7, 11) is 0. The van der Waals surface area contributed by atoms with Crippen LogP contribution in [0.1, 0.15) is 33.2 Å². The third kappa shape index (κ3) is 4.16. The van der Waals surface area contributed by atoms with Gasteiger partial charge in [-0.3, -0.25) is 9.36 Å². The smallest absolute Gasteiger partial charge is 0.329 e. The summed E-state index contributed by atoms with van der Waals surface area (Å²) in [6.07, 6.45) is 1.45. The standard InChI is InChI=1S/C13H17BrFNO3/c1-4-19-13(18)11(5-8(2)3)16-7-10(15)9(14)6-12(16)17/h6-8,11H,4-5H2,1-3H3. The summed E-state index contributed by atoms with van der Waals surface area (Å²) in [6, 6.07) is 0.317. The maximum atomic E-state index is 13.5. The molecule has 1 rings (SSSR count). The number of pyridine rings is 1. The zero-order chi connectivity index (χ0) is 14.6. The van der Waals surface area contributed by atoms with E-state index in [0.717, 1.165) is 16.8 Å². The van der Waals surface area contributed by atoms with Gasteiger partial charge in [-0.05, 0) is 35.2 Å². The summed E-state index contributed by atoms with van der Waals surface area (Å²) >= 11 is 2.94. The van der Waals surface area contributed by atoms with Gasteiger partial charge in [0, 0.05) is 12.3 Å². The van der Waals surface area contributed by atoms with Crippen LogP contribution in [0.2, 0.25) is 0 Å². The maximum Gasteiger partial charge on any atom is 0.329 e. The number of ether oxygens (including phenoxy) is 1. The SMILES string of the molecule is CCOC(=O)C(CC(C)C)n1cc(F)c(Br)cc1=O. The van der Waals surface area contributed by atoms with Gasteiger partial charge in [-0.25, -0.2) is 9.18 Å². The van der Waals surface area contributed by atoms with Gasteiger partial charge >= 0.3 is 5.97 Å². The third-order valence-corrected chi connectivity index (χ3v) is 3.18. The van der Waals surface area contributed by atoms with Gasteiger partial charge in [0.05, 0.1) is 11.1 Å². The number of hydrogen-bond acceptors (Lipinski definition) is 3. The van der Waals surface area contributed by atoms with E-state index in [-0.39, 0.29) is 17.0 Å². The normalized spacial score (nSPS) is 12.5.